The maximum Gasteiger partial charge on any atom is 0.280 e. The van der Waals surface area contributed by atoms with Gasteiger partial charge in [0.2, 0.25) is 10.0 Å². The molecule has 1 atom stereocenters. The number of sulfonamides is 1. The van der Waals surface area contributed by atoms with E-state index in [2.05, 4.69) is 0 Å². The highest BCUT2D eigenvalue weighted by atomic mass is 32.2. The summed E-state index contributed by atoms with van der Waals surface area (Å²) in [6.07, 6.45) is -2.18. The van der Waals surface area contributed by atoms with Crippen molar-refractivity contribution in [3.8, 4) is 5.75 Å². The summed E-state index contributed by atoms with van der Waals surface area (Å²) in [5.74, 6) is -4.42. The van der Waals surface area contributed by atoms with Crippen molar-refractivity contribution in [2.24, 2.45) is 5.92 Å². The van der Waals surface area contributed by atoms with E-state index in [0.717, 1.165) is 11.1 Å². The van der Waals surface area contributed by atoms with Crippen LogP contribution in [0.1, 0.15) is 35.6 Å². The number of para-hydroxylation sites is 1. The van der Waals surface area contributed by atoms with Gasteiger partial charge in [0.25, 0.3) is 5.92 Å². The first-order valence-corrected chi connectivity index (χ1v) is 13.0. The summed E-state index contributed by atoms with van der Waals surface area (Å²) < 4.78 is 63.7. The zero-order chi connectivity index (χ0) is 25.1. The van der Waals surface area contributed by atoms with E-state index in [-0.39, 0.29) is 48.7 Å². The number of rotatable bonds is 8. The highest BCUT2D eigenvalue weighted by molar-refractivity contribution is 7.89. The van der Waals surface area contributed by atoms with Crippen LogP contribution in [0.5, 0.6) is 5.75 Å². The fourth-order valence-electron chi connectivity index (χ4n) is 4.34. The molecule has 3 aromatic carbocycles. The van der Waals surface area contributed by atoms with Crippen molar-refractivity contribution in [2.45, 2.75) is 43.3 Å². The van der Waals surface area contributed by atoms with E-state index in [1.807, 2.05) is 37.3 Å². The van der Waals surface area contributed by atoms with Crippen LogP contribution in [-0.2, 0) is 16.6 Å². The van der Waals surface area contributed by atoms with Crippen LogP contribution in [0.3, 0.4) is 0 Å². The average molecular weight is 502 g/mol. The second kappa shape index (κ2) is 10.4. The number of benzene rings is 3. The standard InChI is InChI=1S/C27H29F2NO4S/c1-20-11-13-23(14-12-20)35(32,33)30-17-15-22(16-18-30)27(28,29)26(31)24-9-5-6-10-25(24)34-19-21-7-3-2-4-8-21/h2-14,22,26,31H,15-19H2,1H3. The summed E-state index contributed by atoms with van der Waals surface area (Å²) in [6, 6.07) is 22.1. The minimum Gasteiger partial charge on any atom is -0.489 e. The number of hydrogen-bond donors (Lipinski definition) is 1. The van der Waals surface area contributed by atoms with Crippen molar-refractivity contribution < 1.29 is 27.0 Å². The van der Waals surface area contributed by atoms with Gasteiger partial charge in [-0.2, -0.15) is 4.31 Å². The lowest BCUT2D eigenvalue weighted by molar-refractivity contribution is -0.159. The highest BCUT2D eigenvalue weighted by Crippen LogP contribution is 2.45. The Morgan fingerprint density at radius 1 is 0.971 bits per heavy atom. The molecule has 1 N–H and O–H groups in total. The molecule has 0 aliphatic carbocycles. The van der Waals surface area contributed by atoms with Crippen molar-refractivity contribution in [1.82, 2.24) is 4.31 Å². The first-order valence-electron chi connectivity index (χ1n) is 11.6. The second-order valence-electron chi connectivity index (χ2n) is 8.88. The average Bonchev–Trinajstić information content (AvgIpc) is 2.88. The molecule has 0 amide bonds. The molecule has 1 saturated heterocycles. The monoisotopic (exact) mass is 501 g/mol. The third kappa shape index (κ3) is 5.55. The number of alkyl halides is 2. The Balaban J connectivity index is 1.44. The number of aliphatic hydroxyl groups excluding tert-OH is 1. The molecule has 0 aromatic heterocycles. The molecule has 4 rings (SSSR count). The Morgan fingerprint density at radius 2 is 1.57 bits per heavy atom. The molecule has 3 aromatic rings. The van der Waals surface area contributed by atoms with Crippen LogP contribution >= 0.6 is 0 Å². The maximum absolute atomic E-state index is 15.4. The number of hydrogen-bond acceptors (Lipinski definition) is 4. The Labute approximate surface area is 205 Å². The largest absolute Gasteiger partial charge is 0.489 e. The van der Waals surface area contributed by atoms with Crippen molar-refractivity contribution in [3.63, 3.8) is 0 Å². The van der Waals surface area contributed by atoms with Gasteiger partial charge in [-0.25, -0.2) is 17.2 Å². The molecule has 1 aliphatic rings. The van der Waals surface area contributed by atoms with Gasteiger partial charge in [0, 0.05) is 24.6 Å². The van der Waals surface area contributed by atoms with E-state index in [0.29, 0.717) is 0 Å². The molecule has 186 valence electrons. The van der Waals surface area contributed by atoms with E-state index in [4.69, 9.17) is 4.74 Å². The number of piperidine rings is 1. The Hall–Kier alpha value is -2.81. The highest BCUT2D eigenvalue weighted by Gasteiger charge is 2.49. The lowest BCUT2D eigenvalue weighted by atomic mass is 9.85. The molecule has 1 heterocycles. The minimum atomic E-state index is -3.75. The summed E-state index contributed by atoms with van der Waals surface area (Å²) >= 11 is 0. The first-order chi connectivity index (χ1) is 16.7. The van der Waals surface area contributed by atoms with Gasteiger partial charge in [0.05, 0.1) is 4.90 Å². The summed E-state index contributed by atoms with van der Waals surface area (Å²) in [6.45, 7) is 1.98. The smallest absolute Gasteiger partial charge is 0.280 e. The van der Waals surface area contributed by atoms with Gasteiger partial charge in [0.1, 0.15) is 18.5 Å². The first kappa shape index (κ1) is 25.3. The zero-order valence-electron chi connectivity index (χ0n) is 19.5. The fraction of sp³-hybridized carbons (Fsp3) is 0.333. The van der Waals surface area contributed by atoms with E-state index >= 15 is 8.78 Å². The van der Waals surface area contributed by atoms with Gasteiger partial charge in [-0.1, -0.05) is 66.2 Å². The Kier molecular flexibility index (Phi) is 7.54. The summed E-state index contributed by atoms with van der Waals surface area (Å²) in [4.78, 5) is 0.151. The molecule has 1 unspecified atom stereocenters. The molecular formula is C27H29F2NO4S. The van der Waals surface area contributed by atoms with Crippen molar-refractivity contribution in [3.05, 3.63) is 95.6 Å². The van der Waals surface area contributed by atoms with Crippen LogP contribution in [0.25, 0.3) is 0 Å². The molecule has 0 bridgehead atoms. The quantitative estimate of drug-likeness (QED) is 0.452. The van der Waals surface area contributed by atoms with Crippen molar-refractivity contribution in [1.29, 1.82) is 0 Å². The van der Waals surface area contributed by atoms with E-state index in [1.165, 1.54) is 22.5 Å². The van der Waals surface area contributed by atoms with Crippen molar-refractivity contribution >= 4 is 10.0 Å². The SMILES string of the molecule is Cc1ccc(S(=O)(=O)N2CCC(C(F)(F)C(O)c3ccccc3OCc3ccccc3)CC2)cc1. The number of ether oxygens (including phenoxy) is 1. The van der Waals surface area contributed by atoms with Gasteiger partial charge in [-0.15, -0.1) is 0 Å². The van der Waals surface area contributed by atoms with Crippen LogP contribution in [0.2, 0.25) is 0 Å². The number of nitrogens with zero attached hydrogens (tertiary/aromatic N) is 1. The topological polar surface area (TPSA) is 66.8 Å². The maximum atomic E-state index is 15.4. The molecular weight excluding hydrogens is 472 g/mol. The number of aliphatic hydroxyl groups is 1. The zero-order valence-corrected chi connectivity index (χ0v) is 20.3. The summed E-state index contributed by atoms with van der Waals surface area (Å²) in [5.41, 5.74) is 1.83. The Morgan fingerprint density at radius 3 is 2.23 bits per heavy atom. The van der Waals surface area contributed by atoms with Crippen LogP contribution in [0.15, 0.2) is 83.8 Å². The molecule has 1 fully saturated rings. The Bertz CT molecular complexity index is 1230. The van der Waals surface area contributed by atoms with Crippen LogP contribution in [-0.4, -0.2) is 36.8 Å². The minimum absolute atomic E-state index is 0.0168. The van der Waals surface area contributed by atoms with Crippen LogP contribution in [0.4, 0.5) is 8.78 Å². The van der Waals surface area contributed by atoms with Gasteiger partial charge in [0.15, 0.2) is 0 Å². The normalized spacial score (nSPS) is 16.7. The lowest BCUT2D eigenvalue weighted by Crippen LogP contribution is -2.45. The number of halogens is 2. The van der Waals surface area contributed by atoms with Crippen LogP contribution < -0.4 is 4.74 Å². The second-order valence-corrected chi connectivity index (χ2v) is 10.8. The molecule has 8 heteroatoms. The lowest BCUT2D eigenvalue weighted by Gasteiger charge is -2.37. The van der Waals surface area contributed by atoms with Crippen molar-refractivity contribution in [2.75, 3.05) is 13.1 Å². The molecule has 0 radical (unpaired) electrons. The van der Waals surface area contributed by atoms with Gasteiger partial charge >= 0.3 is 0 Å². The molecule has 0 spiro atoms. The summed E-state index contributed by atoms with van der Waals surface area (Å²) in [7, 11) is -3.75. The van der Waals surface area contributed by atoms with Gasteiger partial charge < -0.3 is 9.84 Å². The van der Waals surface area contributed by atoms with E-state index < -0.39 is 28.0 Å². The van der Waals surface area contributed by atoms with Gasteiger partial charge in [-0.05, 0) is 43.5 Å². The third-order valence-corrected chi connectivity index (χ3v) is 8.39. The third-order valence-electron chi connectivity index (χ3n) is 6.47. The number of aryl methyl sites for hydroxylation is 1. The molecule has 5 nitrogen and oxygen atoms in total. The molecule has 1 aliphatic heterocycles. The predicted octanol–water partition coefficient (Wildman–Crippen LogP) is 5.34. The predicted molar refractivity (Wildman–Crippen MR) is 130 cm³/mol. The summed E-state index contributed by atoms with van der Waals surface area (Å²) in [5, 5.41) is 10.7. The van der Waals surface area contributed by atoms with Crippen LogP contribution in [0, 0.1) is 12.8 Å². The molecule has 0 saturated carbocycles. The van der Waals surface area contributed by atoms with E-state index in [1.54, 1.807) is 30.3 Å². The van der Waals surface area contributed by atoms with Gasteiger partial charge in [-0.3, -0.25) is 0 Å². The van der Waals surface area contributed by atoms with E-state index in [9.17, 15) is 13.5 Å². The fourth-order valence-corrected chi connectivity index (χ4v) is 5.81. The molecule has 35 heavy (non-hydrogen) atoms.